The lowest BCUT2D eigenvalue weighted by Crippen LogP contribution is -2.28. The van der Waals surface area contributed by atoms with Crippen molar-refractivity contribution in [1.82, 2.24) is 10.3 Å². The molecular formula is C15H17FN4O. The molecule has 0 aliphatic rings. The number of anilines is 1. The molecule has 2 rings (SSSR count). The molecule has 5 nitrogen and oxygen atoms in total. The average molecular weight is 288 g/mol. The summed E-state index contributed by atoms with van der Waals surface area (Å²) in [5.41, 5.74) is 4.74. The second kappa shape index (κ2) is 6.32. The number of aromatic nitrogens is 1. The van der Waals surface area contributed by atoms with Crippen molar-refractivity contribution in [2.45, 2.75) is 19.9 Å². The maximum absolute atomic E-state index is 13.2. The van der Waals surface area contributed by atoms with E-state index in [9.17, 15) is 9.18 Å². The monoisotopic (exact) mass is 288 g/mol. The summed E-state index contributed by atoms with van der Waals surface area (Å²) in [6.45, 7) is 3.59. The first-order chi connectivity index (χ1) is 10.0. The van der Waals surface area contributed by atoms with Crippen LogP contribution in [0, 0.1) is 12.7 Å². The van der Waals surface area contributed by atoms with Gasteiger partial charge >= 0.3 is 0 Å². The van der Waals surface area contributed by atoms with Gasteiger partial charge in [-0.1, -0.05) is 12.1 Å². The molecular weight excluding hydrogens is 271 g/mol. The van der Waals surface area contributed by atoms with Crippen molar-refractivity contribution in [2.24, 2.45) is 5.84 Å². The van der Waals surface area contributed by atoms with Crippen LogP contribution >= 0.6 is 0 Å². The number of benzene rings is 1. The summed E-state index contributed by atoms with van der Waals surface area (Å²) in [4.78, 5) is 16.4. The molecule has 1 aromatic carbocycles. The van der Waals surface area contributed by atoms with E-state index in [1.807, 2.05) is 0 Å². The van der Waals surface area contributed by atoms with Gasteiger partial charge in [-0.25, -0.2) is 4.39 Å². The number of nitrogen functional groups attached to an aromatic ring is 1. The highest BCUT2D eigenvalue weighted by molar-refractivity contribution is 5.99. The standard InChI is InChI=1S/C15H17FN4O/c1-9-6-14(20-17)13(8-18-9)15(21)19-10(2)11-4-3-5-12(16)7-11/h3-8,10H,17H2,1-2H3,(H,18,20)(H,19,21). The zero-order valence-corrected chi connectivity index (χ0v) is 11.9. The van der Waals surface area contributed by atoms with Crippen molar-refractivity contribution in [3.05, 3.63) is 59.2 Å². The normalized spacial score (nSPS) is 11.8. The van der Waals surface area contributed by atoms with E-state index in [0.717, 1.165) is 5.69 Å². The van der Waals surface area contributed by atoms with Crippen LogP contribution in [0.25, 0.3) is 0 Å². The van der Waals surface area contributed by atoms with E-state index < -0.39 is 0 Å². The Kier molecular flexibility index (Phi) is 4.49. The summed E-state index contributed by atoms with van der Waals surface area (Å²) >= 11 is 0. The Labute approximate surface area is 122 Å². The second-order valence-electron chi connectivity index (χ2n) is 4.77. The van der Waals surface area contributed by atoms with E-state index in [-0.39, 0.29) is 17.8 Å². The summed E-state index contributed by atoms with van der Waals surface area (Å²) in [5, 5.41) is 2.79. The van der Waals surface area contributed by atoms with Gasteiger partial charge in [0, 0.05) is 11.9 Å². The summed E-state index contributed by atoms with van der Waals surface area (Å²) in [6, 6.07) is 7.46. The number of nitrogens with zero attached hydrogens (tertiary/aromatic N) is 1. The fraction of sp³-hybridized carbons (Fsp3) is 0.200. The molecule has 1 unspecified atom stereocenters. The topological polar surface area (TPSA) is 80.0 Å². The SMILES string of the molecule is Cc1cc(NN)c(C(=O)NC(C)c2cccc(F)c2)cn1. The molecule has 0 aliphatic carbocycles. The van der Waals surface area contributed by atoms with Crippen molar-refractivity contribution < 1.29 is 9.18 Å². The maximum Gasteiger partial charge on any atom is 0.255 e. The van der Waals surface area contributed by atoms with Crippen LogP contribution in [0.5, 0.6) is 0 Å². The number of carbonyl (C=O) groups is 1. The van der Waals surface area contributed by atoms with E-state index >= 15 is 0 Å². The fourth-order valence-corrected chi connectivity index (χ4v) is 1.99. The fourth-order valence-electron chi connectivity index (χ4n) is 1.99. The van der Waals surface area contributed by atoms with Gasteiger partial charge in [-0.3, -0.25) is 15.6 Å². The van der Waals surface area contributed by atoms with E-state index in [0.29, 0.717) is 16.8 Å². The number of hydrazine groups is 1. The molecule has 0 saturated heterocycles. The van der Waals surface area contributed by atoms with Crippen molar-refractivity contribution in [3.63, 3.8) is 0 Å². The van der Waals surface area contributed by atoms with Crippen LogP contribution in [0.15, 0.2) is 36.5 Å². The molecule has 0 saturated carbocycles. The molecule has 4 N–H and O–H groups in total. The van der Waals surface area contributed by atoms with Gasteiger partial charge in [0.15, 0.2) is 0 Å². The number of pyridine rings is 1. The van der Waals surface area contributed by atoms with Crippen molar-refractivity contribution >= 4 is 11.6 Å². The van der Waals surface area contributed by atoms with Crippen LogP contribution in [0.1, 0.15) is 34.6 Å². The number of hydrogen-bond donors (Lipinski definition) is 3. The molecule has 21 heavy (non-hydrogen) atoms. The Morgan fingerprint density at radius 2 is 2.14 bits per heavy atom. The van der Waals surface area contributed by atoms with Gasteiger partial charge in [-0.05, 0) is 37.6 Å². The number of hydrogen-bond acceptors (Lipinski definition) is 4. The van der Waals surface area contributed by atoms with Gasteiger partial charge in [-0.15, -0.1) is 0 Å². The highest BCUT2D eigenvalue weighted by Gasteiger charge is 2.15. The number of rotatable bonds is 4. The molecule has 0 fully saturated rings. The predicted octanol–water partition coefficient (Wildman–Crippen LogP) is 2.31. The first-order valence-electron chi connectivity index (χ1n) is 6.51. The van der Waals surface area contributed by atoms with E-state index in [2.05, 4.69) is 15.7 Å². The second-order valence-corrected chi connectivity index (χ2v) is 4.77. The third-order valence-corrected chi connectivity index (χ3v) is 3.14. The minimum atomic E-state index is -0.338. The number of nitrogens with two attached hydrogens (primary N) is 1. The summed E-state index contributed by atoms with van der Waals surface area (Å²) in [7, 11) is 0. The summed E-state index contributed by atoms with van der Waals surface area (Å²) in [5.74, 6) is 4.75. The highest BCUT2D eigenvalue weighted by atomic mass is 19.1. The van der Waals surface area contributed by atoms with Crippen LogP contribution in [0.2, 0.25) is 0 Å². The minimum absolute atomic E-state index is 0.327. The Balaban J connectivity index is 2.18. The third-order valence-electron chi connectivity index (χ3n) is 3.14. The van der Waals surface area contributed by atoms with Crippen molar-refractivity contribution in [1.29, 1.82) is 0 Å². The molecule has 1 amide bonds. The molecule has 0 aliphatic heterocycles. The Morgan fingerprint density at radius 3 is 2.81 bits per heavy atom. The predicted molar refractivity (Wildman–Crippen MR) is 79.1 cm³/mol. The van der Waals surface area contributed by atoms with Gasteiger partial charge in [0.2, 0.25) is 0 Å². The number of carbonyl (C=O) groups excluding carboxylic acids is 1. The highest BCUT2D eigenvalue weighted by Crippen LogP contribution is 2.18. The van der Waals surface area contributed by atoms with Gasteiger partial charge < -0.3 is 10.7 Å². The van der Waals surface area contributed by atoms with E-state index in [1.165, 1.54) is 18.3 Å². The first kappa shape index (κ1) is 14.9. The third kappa shape index (κ3) is 3.55. The molecule has 6 heteroatoms. The van der Waals surface area contributed by atoms with Gasteiger partial charge in [0.05, 0.1) is 17.3 Å². The number of halogens is 1. The van der Waals surface area contributed by atoms with Crippen LogP contribution in [0.4, 0.5) is 10.1 Å². The molecule has 1 atom stereocenters. The van der Waals surface area contributed by atoms with Gasteiger partial charge in [0.1, 0.15) is 5.82 Å². The lowest BCUT2D eigenvalue weighted by molar-refractivity contribution is 0.0940. The van der Waals surface area contributed by atoms with Crippen LogP contribution in [0.3, 0.4) is 0 Å². The Bertz CT molecular complexity index is 660. The lowest BCUT2D eigenvalue weighted by Gasteiger charge is -2.16. The Hall–Kier alpha value is -2.47. The van der Waals surface area contributed by atoms with E-state index in [4.69, 9.17) is 5.84 Å². The van der Waals surface area contributed by atoms with Crippen molar-refractivity contribution in [3.8, 4) is 0 Å². The van der Waals surface area contributed by atoms with E-state index in [1.54, 1.807) is 32.0 Å². The smallest absolute Gasteiger partial charge is 0.255 e. The van der Waals surface area contributed by atoms with Crippen LogP contribution in [-0.4, -0.2) is 10.9 Å². The molecule has 0 spiro atoms. The van der Waals surface area contributed by atoms with Gasteiger partial charge in [0.25, 0.3) is 5.91 Å². The zero-order valence-electron chi connectivity index (χ0n) is 11.9. The number of aryl methyl sites for hydroxylation is 1. The summed E-state index contributed by atoms with van der Waals surface area (Å²) < 4.78 is 13.2. The van der Waals surface area contributed by atoms with Crippen molar-refractivity contribution in [2.75, 3.05) is 5.43 Å². The number of nitrogens with one attached hydrogen (secondary N) is 2. The molecule has 0 radical (unpaired) electrons. The zero-order chi connectivity index (χ0) is 15.4. The quantitative estimate of drug-likeness (QED) is 0.596. The van der Waals surface area contributed by atoms with Crippen LogP contribution in [-0.2, 0) is 0 Å². The molecule has 1 aromatic heterocycles. The first-order valence-corrected chi connectivity index (χ1v) is 6.51. The average Bonchev–Trinajstić information content (AvgIpc) is 2.46. The van der Waals surface area contributed by atoms with Crippen LogP contribution < -0.4 is 16.6 Å². The molecule has 110 valence electrons. The molecule has 1 heterocycles. The molecule has 2 aromatic rings. The lowest BCUT2D eigenvalue weighted by atomic mass is 10.1. The largest absolute Gasteiger partial charge is 0.345 e. The number of amides is 1. The molecule has 0 bridgehead atoms. The maximum atomic E-state index is 13.2. The Morgan fingerprint density at radius 1 is 1.38 bits per heavy atom. The minimum Gasteiger partial charge on any atom is -0.345 e. The summed E-state index contributed by atoms with van der Waals surface area (Å²) in [6.07, 6.45) is 1.46. The van der Waals surface area contributed by atoms with Gasteiger partial charge in [-0.2, -0.15) is 0 Å².